The first-order chi connectivity index (χ1) is 5.00. The van der Waals surface area contributed by atoms with Gasteiger partial charge in [0, 0.05) is 19.3 Å². The fourth-order valence-electron chi connectivity index (χ4n) is 1.07. The van der Waals surface area contributed by atoms with E-state index in [1.165, 1.54) is 11.8 Å². The summed E-state index contributed by atoms with van der Waals surface area (Å²) in [5.74, 6) is 0. The summed E-state index contributed by atoms with van der Waals surface area (Å²) in [6.07, 6.45) is 4.46. The molecule has 0 spiro atoms. The first kappa shape index (κ1) is 9.06. The normalized spacial score (nSPS) is 23.1. The molecule has 2 N–H and O–H groups in total. The molecule has 3 nitrogen and oxygen atoms in total. The SMILES string of the molecule is CC1=CCN(S(C)(O)O)CC1. The third-order valence-corrected chi connectivity index (χ3v) is 3.20. The largest absolute Gasteiger partial charge is 0.286 e. The van der Waals surface area contributed by atoms with Crippen LogP contribution in [0.15, 0.2) is 11.6 Å². The summed E-state index contributed by atoms with van der Waals surface area (Å²) in [5.41, 5.74) is 1.34. The molecule has 0 atom stereocenters. The second-order valence-corrected chi connectivity index (χ2v) is 5.08. The van der Waals surface area contributed by atoms with Gasteiger partial charge in [-0.05, 0) is 13.3 Å². The Morgan fingerprint density at radius 1 is 1.55 bits per heavy atom. The highest BCUT2D eigenvalue weighted by molar-refractivity contribution is 8.21. The molecule has 1 aliphatic rings. The lowest BCUT2D eigenvalue weighted by Gasteiger charge is -2.40. The summed E-state index contributed by atoms with van der Waals surface area (Å²) >= 11 is 0. The Kier molecular flexibility index (Phi) is 2.59. The maximum atomic E-state index is 9.26. The highest BCUT2D eigenvalue weighted by atomic mass is 32.3. The van der Waals surface area contributed by atoms with Crippen LogP contribution in [-0.2, 0) is 0 Å². The van der Waals surface area contributed by atoms with Gasteiger partial charge in [-0.15, -0.1) is 10.8 Å². The molecule has 1 heterocycles. The van der Waals surface area contributed by atoms with Crippen LogP contribution in [0.5, 0.6) is 0 Å². The lowest BCUT2D eigenvalue weighted by atomic mass is 10.1. The van der Waals surface area contributed by atoms with Crippen molar-refractivity contribution in [2.24, 2.45) is 0 Å². The molecule has 0 bridgehead atoms. The van der Waals surface area contributed by atoms with Gasteiger partial charge in [0.25, 0.3) is 0 Å². The van der Waals surface area contributed by atoms with Crippen molar-refractivity contribution in [3.05, 3.63) is 11.6 Å². The lowest BCUT2D eigenvalue weighted by Crippen LogP contribution is -2.30. The van der Waals surface area contributed by atoms with Gasteiger partial charge in [-0.25, -0.2) is 4.31 Å². The van der Waals surface area contributed by atoms with Crippen molar-refractivity contribution in [3.8, 4) is 0 Å². The van der Waals surface area contributed by atoms with Crippen molar-refractivity contribution in [2.75, 3.05) is 19.3 Å². The van der Waals surface area contributed by atoms with Gasteiger partial charge in [-0.1, -0.05) is 11.6 Å². The van der Waals surface area contributed by atoms with Gasteiger partial charge in [-0.2, -0.15) is 0 Å². The Labute approximate surface area is 69.2 Å². The topological polar surface area (TPSA) is 43.7 Å². The molecule has 1 aliphatic heterocycles. The third-order valence-electron chi connectivity index (χ3n) is 1.89. The van der Waals surface area contributed by atoms with E-state index in [1.54, 1.807) is 4.31 Å². The molecule has 0 radical (unpaired) electrons. The molecule has 4 heteroatoms. The summed E-state index contributed by atoms with van der Waals surface area (Å²) in [5, 5.41) is 0. The van der Waals surface area contributed by atoms with Gasteiger partial charge in [0.05, 0.1) is 0 Å². The van der Waals surface area contributed by atoms with Gasteiger partial charge in [0.15, 0.2) is 0 Å². The van der Waals surface area contributed by atoms with E-state index in [0.29, 0.717) is 6.54 Å². The first-order valence-electron chi connectivity index (χ1n) is 3.64. The number of hydrogen-bond donors (Lipinski definition) is 2. The first-order valence-corrected chi connectivity index (χ1v) is 5.55. The molecular formula is C7H15NO2S. The standard InChI is InChI=1S/C7H15NO2S/c1-7-3-5-8(6-4-7)11(2,9)10/h3,9-10H,4-6H2,1-2H3. The van der Waals surface area contributed by atoms with Crippen LogP contribution in [0.2, 0.25) is 0 Å². The van der Waals surface area contributed by atoms with Crippen LogP contribution in [0.3, 0.4) is 0 Å². The van der Waals surface area contributed by atoms with E-state index in [0.717, 1.165) is 13.0 Å². The molecule has 11 heavy (non-hydrogen) atoms. The fraction of sp³-hybridized carbons (Fsp3) is 0.714. The minimum absolute atomic E-state index is 0.671. The maximum absolute atomic E-state index is 9.26. The second-order valence-electron chi connectivity index (χ2n) is 2.98. The van der Waals surface area contributed by atoms with Crippen LogP contribution in [0.4, 0.5) is 0 Å². The van der Waals surface area contributed by atoms with E-state index in [4.69, 9.17) is 0 Å². The lowest BCUT2D eigenvalue weighted by molar-refractivity contribution is 0.366. The third kappa shape index (κ3) is 2.48. The highest BCUT2D eigenvalue weighted by Gasteiger charge is 2.18. The summed E-state index contributed by atoms with van der Waals surface area (Å²) in [4.78, 5) is 0. The molecular weight excluding hydrogens is 162 g/mol. The van der Waals surface area contributed by atoms with Gasteiger partial charge in [-0.3, -0.25) is 9.11 Å². The van der Waals surface area contributed by atoms with Crippen molar-refractivity contribution in [1.29, 1.82) is 0 Å². The zero-order valence-corrected chi connectivity index (χ0v) is 7.77. The molecule has 0 amide bonds. The summed E-state index contributed by atoms with van der Waals surface area (Å²) in [6, 6.07) is 0. The molecule has 0 aliphatic carbocycles. The van der Waals surface area contributed by atoms with Crippen LogP contribution >= 0.6 is 10.8 Å². The van der Waals surface area contributed by atoms with E-state index in [-0.39, 0.29) is 0 Å². The smallest absolute Gasteiger partial charge is 0.0418 e. The predicted molar refractivity (Wildman–Crippen MR) is 48.7 cm³/mol. The summed E-state index contributed by atoms with van der Waals surface area (Å²) < 4.78 is 20.2. The Hall–Kier alpha value is -0.0300. The van der Waals surface area contributed by atoms with Crippen LogP contribution in [-0.4, -0.2) is 32.8 Å². The van der Waals surface area contributed by atoms with E-state index in [1.807, 2.05) is 6.08 Å². The second kappa shape index (κ2) is 3.15. The van der Waals surface area contributed by atoms with Crippen molar-refractivity contribution >= 4 is 10.8 Å². The maximum Gasteiger partial charge on any atom is 0.0418 e. The van der Waals surface area contributed by atoms with Crippen LogP contribution in [0.1, 0.15) is 13.3 Å². The van der Waals surface area contributed by atoms with Crippen LogP contribution in [0.25, 0.3) is 0 Å². The molecule has 0 aromatic rings. The fourth-order valence-corrected chi connectivity index (χ4v) is 1.86. The molecule has 0 unspecified atom stereocenters. The van der Waals surface area contributed by atoms with Gasteiger partial charge in [0.1, 0.15) is 0 Å². The number of hydrogen-bond acceptors (Lipinski definition) is 3. The van der Waals surface area contributed by atoms with E-state index in [2.05, 4.69) is 6.92 Å². The predicted octanol–water partition coefficient (Wildman–Crippen LogP) is 1.93. The molecule has 66 valence electrons. The van der Waals surface area contributed by atoms with E-state index >= 15 is 0 Å². The Morgan fingerprint density at radius 3 is 2.55 bits per heavy atom. The zero-order chi connectivity index (χ0) is 8.48. The minimum atomic E-state index is -2.46. The molecule has 0 saturated heterocycles. The molecule has 0 fully saturated rings. The monoisotopic (exact) mass is 177 g/mol. The molecule has 1 rings (SSSR count). The van der Waals surface area contributed by atoms with Crippen molar-refractivity contribution < 1.29 is 9.11 Å². The van der Waals surface area contributed by atoms with Crippen LogP contribution in [0, 0.1) is 0 Å². The Bertz CT molecular complexity index is 174. The van der Waals surface area contributed by atoms with Crippen LogP contribution < -0.4 is 0 Å². The number of nitrogens with zero attached hydrogens (tertiary/aromatic N) is 1. The average Bonchev–Trinajstić information content (AvgIpc) is 1.86. The van der Waals surface area contributed by atoms with Crippen molar-refractivity contribution in [2.45, 2.75) is 13.3 Å². The van der Waals surface area contributed by atoms with Crippen molar-refractivity contribution in [3.63, 3.8) is 0 Å². The summed E-state index contributed by atoms with van der Waals surface area (Å²) in [6.45, 7) is 3.50. The number of rotatable bonds is 1. The Morgan fingerprint density at radius 2 is 2.18 bits per heavy atom. The van der Waals surface area contributed by atoms with E-state index < -0.39 is 10.8 Å². The van der Waals surface area contributed by atoms with Gasteiger partial charge < -0.3 is 0 Å². The zero-order valence-electron chi connectivity index (χ0n) is 6.95. The average molecular weight is 177 g/mol. The summed E-state index contributed by atoms with van der Waals surface area (Å²) in [7, 11) is -2.46. The highest BCUT2D eigenvalue weighted by Crippen LogP contribution is 2.39. The molecule has 0 aromatic carbocycles. The Balaban J connectivity index is 2.54. The van der Waals surface area contributed by atoms with Gasteiger partial charge >= 0.3 is 0 Å². The van der Waals surface area contributed by atoms with E-state index in [9.17, 15) is 9.11 Å². The van der Waals surface area contributed by atoms with Crippen molar-refractivity contribution in [1.82, 2.24) is 4.31 Å². The molecule has 0 aromatic heterocycles. The minimum Gasteiger partial charge on any atom is -0.286 e. The quantitative estimate of drug-likeness (QED) is 0.601. The van der Waals surface area contributed by atoms with Gasteiger partial charge in [0.2, 0.25) is 0 Å². The molecule has 0 saturated carbocycles.